The van der Waals surface area contributed by atoms with Crippen LogP contribution in [-0.2, 0) is 11.3 Å². The SMILES string of the molecule is COc1ccc([N+](=O)[O-])cc1NC(=O)Cn1ccnc1Cl. The van der Waals surface area contributed by atoms with Crippen LogP contribution >= 0.6 is 11.6 Å². The predicted octanol–water partition coefficient (Wildman–Crippen LogP) is 2.09. The summed E-state index contributed by atoms with van der Waals surface area (Å²) >= 11 is 5.77. The first-order chi connectivity index (χ1) is 10.0. The van der Waals surface area contributed by atoms with Gasteiger partial charge in [-0.3, -0.25) is 14.9 Å². The van der Waals surface area contributed by atoms with Crippen molar-refractivity contribution in [3.63, 3.8) is 0 Å². The number of ether oxygens (including phenoxy) is 1. The maximum Gasteiger partial charge on any atom is 0.271 e. The number of nitrogens with zero attached hydrogens (tertiary/aromatic N) is 3. The average Bonchev–Trinajstić information content (AvgIpc) is 2.84. The quantitative estimate of drug-likeness (QED) is 0.673. The highest BCUT2D eigenvalue weighted by molar-refractivity contribution is 6.28. The van der Waals surface area contributed by atoms with Gasteiger partial charge in [0.15, 0.2) is 0 Å². The maximum atomic E-state index is 11.9. The van der Waals surface area contributed by atoms with Crippen molar-refractivity contribution >= 4 is 28.9 Å². The Labute approximate surface area is 124 Å². The number of nitro benzene ring substituents is 1. The normalized spacial score (nSPS) is 10.2. The fraction of sp³-hybridized carbons (Fsp3) is 0.167. The molecule has 0 bridgehead atoms. The van der Waals surface area contributed by atoms with Gasteiger partial charge in [-0.15, -0.1) is 0 Å². The van der Waals surface area contributed by atoms with E-state index in [1.54, 1.807) is 6.20 Å². The Morgan fingerprint density at radius 2 is 2.33 bits per heavy atom. The molecule has 0 saturated heterocycles. The molecule has 8 nitrogen and oxygen atoms in total. The molecular formula is C12H11ClN4O4. The topological polar surface area (TPSA) is 99.3 Å². The van der Waals surface area contributed by atoms with E-state index in [9.17, 15) is 14.9 Å². The number of carbonyl (C=O) groups excluding carboxylic acids is 1. The number of hydrogen-bond donors (Lipinski definition) is 1. The van der Waals surface area contributed by atoms with Gasteiger partial charge < -0.3 is 14.6 Å². The van der Waals surface area contributed by atoms with Gasteiger partial charge in [0.1, 0.15) is 12.3 Å². The van der Waals surface area contributed by atoms with E-state index in [4.69, 9.17) is 16.3 Å². The van der Waals surface area contributed by atoms with Crippen LogP contribution in [0.4, 0.5) is 11.4 Å². The van der Waals surface area contributed by atoms with Crippen LogP contribution in [0.15, 0.2) is 30.6 Å². The standard InChI is InChI=1S/C12H11ClN4O4/c1-21-10-3-2-8(17(19)20)6-9(10)15-11(18)7-16-5-4-14-12(16)13/h2-6H,7H2,1H3,(H,15,18). The Morgan fingerprint density at radius 3 is 2.90 bits per heavy atom. The van der Waals surface area contributed by atoms with Gasteiger partial charge in [0.2, 0.25) is 11.2 Å². The number of amides is 1. The summed E-state index contributed by atoms with van der Waals surface area (Å²) in [5.74, 6) is -0.0839. The molecular weight excluding hydrogens is 300 g/mol. The van der Waals surface area contributed by atoms with Crippen LogP contribution in [0.1, 0.15) is 0 Å². The summed E-state index contributed by atoms with van der Waals surface area (Å²) in [4.78, 5) is 25.9. The zero-order valence-electron chi connectivity index (χ0n) is 10.9. The van der Waals surface area contributed by atoms with Crippen molar-refractivity contribution in [2.45, 2.75) is 6.54 Å². The van der Waals surface area contributed by atoms with Crippen LogP contribution < -0.4 is 10.1 Å². The second-order valence-electron chi connectivity index (χ2n) is 4.01. The molecule has 1 amide bonds. The summed E-state index contributed by atoms with van der Waals surface area (Å²) in [5, 5.41) is 13.5. The highest BCUT2D eigenvalue weighted by Gasteiger charge is 2.14. The molecule has 0 radical (unpaired) electrons. The van der Waals surface area contributed by atoms with Crippen LogP contribution in [0.3, 0.4) is 0 Å². The molecule has 0 atom stereocenters. The van der Waals surface area contributed by atoms with Gasteiger partial charge in [-0.25, -0.2) is 4.98 Å². The number of imidazole rings is 1. The number of methoxy groups -OCH3 is 1. The van der Waals surface area contributed by atoms with E-state index in [1.807, 2.05) is 0 Å². The number of nitrogens with one attached hydrogen (secondary N) is 1. The van der Waals surface area contributed by atoms with Gasteiger partial charge in [0.25, 0.3) is 5.69 Å². The Bertz CT molecular complexity index is 686. The summed E-state index contributed by atoms with van der Waals surface area (Å²) < 4.78 is 6.49. The minimum absolute atomic E-state index is 0.0648. The zero-order chi connectivity index (χ0) is 15.4. The van der Waals surface area contributed by atoms with Crippen molar-refractivity contribution in [1.82, 2.24) is 9.55 Å². The van der Waals surface area contributed by atoms with Crippen molar-refractivity contribution in [2.24, 2.45) is 0 Å². The fourth-order valence-corrected chi connectivity index (χ4v) is 1.85. The molecule has 1 aromatic carbocycles. The molecule has 1 aromatic heterocycles. The first kappa shape index (κ1) is 14.8. The monoisotopic (exact) mass is 310 g/mol. The van der Waals surface area contributed by atoms with Crippen molar-refractivity contribution < 1.29 is 14.5 Å². The molecule has 0 aliphatic heterocycles. The Kier molecular flexibility index (Phi) is 4.39. The zero-order valence-corrected chi connectivity index (χ0v) is 11.7. The molecule has 0 unspecified atom stereocenters. The Morgan fingerprint density at radius 1 is 1.57 bits per heavy atom. The highest BCUT2D eigenvalue weighted by atomic mass is 35.5. The van der Waals surface area contributed by atoms with E-state index >= 15 is 0 Å². The number of benzene rings is 1. The average molecular weight is 311 g/mol. The van der Waals surface area contributed by atoms with Crippen molar-refractivity contribution in [1.29, 1.82) is 0 Å². The van der Waals surface area contributed by atoms with Crippen LogP contribution in [0, 0.1) is 10.1 Å². The van der Waals surface area contributed by atoms with E-state index in [1.165, 1.54) is 36.1 Å². The number of hydrogen-bond acceptors (Lipinski definition) is 5. The summed E-state index contributed by atoms with van der Waals surface area (Å²) in [6, 6.07) is 3.94. The van der Waals surface area contributed by atoms with Crippen LogP contribution in [0.25, 0.3) is 0 Å². The molecule has 9 heteroatoms. The van der Waals surface area contributed by atoms with Gasteiger partial charge in [0.05, 0.1) is 17.7 Å². The number of halogens is 1. The summed E-state index contributed by atoms with van der Waals surface area (Å²) in [7, 11) is 1.41. The molecule has 0 fully saturated rings. The summed E-state index contributed by atoms with van der Waals surface area (Å²) in [6.45, 7) is -0.0648. The lowest BCUT2D eigenvalue weighted by Crippen LogP contribution is -2.19. The van der Waals surface area contributed by atoms with Crippen LogP contribution in [0.5, 0.6) is 5.75 Å². The maximum absolute atomic E-state index is 11.9. The lowest BCUT2D eigenvalue weighted by molar-refractivity contribution is -0.384. The van der Waals surface area contributed by atoms with E-state index in [0.717, 1.165) is 0 Å². The Balaban J connectivity index is 2.17. The van der Waals surface area contributed by atoms with E-state index in [2.05, 4.69) is 10.3 Å². The van der Waals surface area contributed by atoms with Gasteiger partial charge in [0, 0.05) is 24.5 Å². The molecule has 0 spiro atoms. The van der Waals surface area contributed by atoms with Crippen LogP contribution in [0.2, 0.25) is 5.28 Å². The number of anilines is 1. The Hall–Kier alpha value is -2.61. The fourth-order valence-electron chi connectivity index (χ4n) is 1.68. The smallest absolute Gasteiger partial charge is 0.271 e. The first-order valence-electron chi connectivity index (χ1n) is 5.80. The van der Waals surface area contributed by atoms with Crippen molar-refractivity contribution in [3.05, 3.63) is 46.0 Å². The molecule has 1 N–H and O–H groups in total. The molecule has 21 heavy (non-hydrogen) atoms. The molecule has 0 aliphatic carbocycles. The lowest BCUT2D eigenvalue weighted by Gasteiger charge is -2.10. The van der Waals surface area contributed by atoms with Gasteiger partial charge in [-0.2, -0.15) is 0 Å². The van der Waals surface area contributed by atoms with Crippen LogP contribution in [-0.4, -0.2) is 27.5 Å². The second-order valence-corrected chi connectivity index (χ2v) is 4.35. The molecule has 2 aromatic rings. The molecule has 0 aliphatic rings. The summed E-state index contributed by atoms with van der Waals surface area (Å²) in [5.41, 5.74) is 0.0692. The van der Waals surface area contributed by atoms with Crippen molar-refractivity contribution in [2.75, 3.05) is 12.4 Å². The van der Waals surface area contributed by atoms with E-state index < -0.39 is 10.8 Å². The molecule has 0 saturated carbocycles. The van der Waals surface area contributed by atoms with Gasteiger partial charge in [-0.1, -0.05) is 0 Å². The summed E-state index contributed by atoms with van der Waals surface area (Å²) in [6.07, 6.45) is 3.01. The third kappa shape index (κ3) is 3.48. The molecule has 1 heterocycles. The van der Waals surface area contributed by atoms with E-state index in [0.29, 0.717) is 5.75 Å². The minimum Gasteiger partial charge on any atom is -0.495 e. The van der Waals surface area contributed by atoms with Gasteiger partial charge >= 0.3 is 0 Å². The number of rotatable bonds is 5. The van der Waals surface area contributed by atoms with Crippen molar-refractivity contribution in [3.8, 4) is 5.75 Å². The molecule has 2 rings (SSSR count). The lowest BCUT2D eigenvalue weighted by atomic mass is 10.2. The molecule has 110 valence electrons. The second kappa shape index (κ2) is 6.23. The largest absolute Gasteiger partial charge is 0.495 e. The number of carbonyl (C=O) groups is 1. The number of nitro groups is 1. The van der Waals surface area contributed by atoms with E-state index in [-0.39, 0.29) is 23.2 Å². The predicted molar refractivity (Wildman–Crippen MR) is 75.5 cm³/mol. The van der Waals surface area contributed by atoms with Gasteiger partial charge in [-0.05, 0) is 17.7 Å². The third-order valence-corrected chi connectivity index (χ3v) is 2.96. The first-order valence-corrected chi connectivity index (χ1v) is 6.18. The number of non-ortho nitro benzene ring substituents is 1. The number of aromatic nitrogens is 2. The highest BCUT2D eigenvalue weighted by Crippen LogP contribution is 2.28. The minimum atomic E-state index is -0.554. The third-order valence-electron chi connectivity index (χ3n) is 2.65.